The Balaban J connectivity index is 1.58. The van der Waals surface area contributed by atoms with Gasteiger partial charge in [-0.05, 0) is 24.6 Å². The van der Waals surface area contributed by atoms with Crippen LogP contribution in [0.5, 0.6) is 0 Å². The molecule has 0 aliphatic heterocycles. The lowest BCUT2D eigenvalue weighted by Crippen LogP contribution is -2.12. The van der Waals surface area contributed by atoms with Gasteiger partial charge in [0.05, 0.1) is 17.0 Å². The fourth-order valence-corrected chi connectivity index (χ4v) is 3.27. The Morgan fingerprint density at radius 2 is 2.08 bits per heavy atom. The smallest absolute Gasteiger partial charge is 0.224 e. The minimum absolute atomic E-state index is 0.00964. The third-order valence-corrected chi connectivity index (χ3v) is 4.88. The van der Waals surface area contributed by atoms with Gasteiger partial charge in [0.1, 0.15) is 0 Å². The minimum atomic E-state index is 0.00964. The van der Waals surface area contributed by atoms with Gasteiger partial charge in [0.2, 0.25) is 5.91 Å². The van der Waals surface area contributed by atoms with Crippen LogP contribution in [0.3, 0.4) is 0 Å². The van der Waals surface area contributed by atoms with E-state index in [1.165, 1.54) is 5.56 Å². The molecule has 3 aromatic rings. The van der Waals surface area contributed by atoms with Gasteiger partial charge >= 0.3 is 0 Å². The molecule has 0 saturated heterocycles. The van der Waals surface area contributed by atoms with Crippen molar-refractivity contribution in [3.8, 4) is 0 Å². The highest BCUT2D eigenvalue weighted by molar-refractivity contribution is 7.09. The van der Waals surface area contributed by atoms with Gasteiger partial charge in [-0.1, -0.05) is 19.1 Å². The number of nitrogens with zero attached hydrogens (tertiary/aromatic N) is 2. The normalized spacial score (nSPS) is 12.1. The monoisotopic (exact) mass is 340 g/mol. The second kappa shape index (κ2) is 7.40. The van der Waals surface area contributed by atoms with Crippen LogP contribution in [0, 0.1) is 6.92 Å². The molecule has 0 aliphatic carbocycles. The van der Waals surface area contributed by atoms with Crippen LogP contribution in [0.25, 0.3) is 0 Å². The molecule has 124 valence electrons. The number of aromatic nitrogens is 3. The average Bonchev–Trinajstić information content (AvgIpc) is 3.24. The standard InChI is InChI=1S/C18H20N4OS/c1-12(18-13(2)20-11-21-18)14-3-5-15(6-4-14)22-16(23)7-8-17-19-9-10-24-17/h3-6,9-12H,7-8H2,1-2H3,(H,20,21)(H,22,23)/t12-/m0/s1. The van der Waals surface area contributed by atoms with Gasteiger partial charge in [-0.2, -0.15) is 0 Å². The minimum Gasteiger partial charge on any atom is -0.348 e. The molecule has 0 bridgehead atoms. The Labute approximate surface area is 145 Å². The first-order valence-electron chi connectivity index (χ1n) is 7.91. The number of aromatic amines is 1. The number of thiazole rings is 1. The maximum Gasteiger partial charge on any atom is 0.224 e. The number of hydrogen-bond donors (Lipinski definition) is 2. The molecule has 1 aromatic carbocycles. The summed E-state index contributed by atoms with van der Waals surface area (Å²) in [7, 11) is 0. The van der Waals surface area contributed by atoms with Crippen LogP contribution in [0.15, 0.2) is 42.2 Å². The zero-order chi connectivity index (χ0) is 16.9. The first kappa shape index (κ1) is 16.4. The molecular weight excluding hydrogens is 320 g/mol. The number of imidazole rings is 1. The number of benzene rings is 1. The van der Waals surface area contributed by atoms with Crippen LogP contribution in [0.1, 0.15) is 41.2 Å². The van der Waals surface area contributed by atoms with Crippen LogP contribution in [0.4, 0.5) is 5.69 Å². The number of nitrogens with one attached hydrogen (secondary N) is 2. The lowest BCUT2D eigenvalue weighted by molar-refractivity contribution is -0.116. The van der Waals surface area contributed by atoms with E-state index in [4.69, 9.17) is 0 Å². The Morgan fingerprint density at radius 1 is 1.29 bits per heavy atom. The van der Waals surface area contributed by atoms with Crippen molar-refractivity contribution >= 4 is 22.9 Å². The van der Waals surface area contributed by atoms with E-state index in [9.17, 15) is 4.79 Å². The summed E-state index contributed by atoms with van der Waals surface area (Å²) in [4.78, 5) is 23.6. The Bertz CT molecular complexity index is 793. The van der Waals surface area contributed by atoms with E-state index in [2.05, 4.69) is 27.2 Å². The number of amides is 1. The summed E-state index contributed by atoms with van der Waals surface area (Å²) in [6.45, 7) is 4.14. The summed E-state index contributed by atoms with van der Waals surface area (Å²) < 4.78 is 0. The molecule has 0 aliphatic rings. The van der Waals surface area contributed by atoms with E-state index in [0.29, 0.717) is 12.8 Å². The molecular formula is C18H20N4OS. The summed E-state index contributed by atoms with van der Waals surface area (Å²) in [6.07, 6.45) is 4.61. The Morgan fingerprint density at radius 3 is 2.71 bits per heavy atom. The van der Waals surface area contributed by atoms with E-state index < -0.39 is 0 Å². The quantitative estimate of drug-likeness (QED) is 0.715. The lowest BCUT2D eigenvalue weighted by atomic mass is 9.96. The number of carbonyl (C=O) groups is 1. The summed E-state index contributed by atoms with van der Waals surface area (Å²) in [5.74, 6) is 0.248. The zero-order valence-corrected chi connectivity index (χ0v) is 14.6. The Hall–Kier alpha value is -2.47. The summed E-state index contributed by atoms with van der Waals surface area (Å²) >= 11 is 1.58. The van der Waals surface area contributed by atoms with Gasteiger partial charge < -0.3 is 10.3 Å². The van der Waals surface area contributed by atoms with E-state index in [1.807, 2.05) is 36.6 Å². The van der Waals surface area contributed by atoms with E-state index >= 15 is 0 Å². The summed E-state index contributed by atoms with van der Waals surface area (Å²) in [6, 6.07) is 7.97. The zero-order valence-electron chi connectivity index (χ0n) is 13.7. The van der Waals surface area contributed by atoms with Crippen molar-refractivity contribution in [2.75, 3.05) is 5.32 Å². The van der Waals surface area contributed by atoms with Gasteiger partial charge in [0.25, 0.3) is 0 Å². The van der Waals surface area contributed by atoms with Gasteiger partial charge in [-0.25, -0.2) is 9.97 Å². The molecule has 0 saturated carbocycles. The molecule has 2 heterocycles. The van der Waals surface area contributed by atoms with Crippen LogP contribution < -0.4 is 5.32 Å². The van der Waals surface area contributed by atoms with Gasteiger partial charge in [0, 0.05) is 41.7 Å². The summed E-state index contributed by atoms with van der Waals surface area (Å²) in [5, 5.41) is 5.85. The predicted molar refractivity (Wildman–Crippen MR) is 96.3 cm³/mol. The lowest BCUT2D eigenvalue weighted by Gasteiger charge is -2.12. The molecule has 2 N–H and O–H groups in total. The number of rotatable bonds is 6. The second-order valence-corrected chi connectivity index (χ2v) is 6.70. The predicted octanol–water partition coefficient (Wildman–Crippen LogP) is 3.90. The topological polar surface area (TPSA) is 70.7 Å². The molecule has 6 heteroatoms. The molecule has 3 rings (SSSR count). The fraction of sp³-hybridized carbons (Fsp3) is 0.278. The van der Waals surface area contributed by atoms with Crippen molar-refractivity contribution in [2.24, 2.45) is 0 Å². The van der Waals surface area contributed by atoms with Gasteiger partial charge in [0.15, 0.2) is 0 Å². The summed E-state index contributed by atoms with van der Waals surface area (Å²) in [5.41, 5.74) is 4.14. The number of aryl methyl sites for hydroxylation is 2. The number of hydrogen-bond acceptors (Lipinski definition) is 4. The number of anilines is 1. The number of carbonyl (C=O) groups excluding carboxylic acids is 1. The molecule has 0 unspecified atom stereocenters. The molecule has 0 fully saturated rings. The molecule has 0 radical (unpaired) electrons. The van der Waals surface area contributed by atoms with E-state index in [-0.39, 0.29) is 11.8 Å². The van der Waals surface area contributed by atoms with Crippen LogP contribution >= 0.6 is 11.3 Å². The highest BCUT2D eigenvalue weighted by atomic mass is 32.1. The first-order chi connectivity index (χ1) is 11.6. The molecule has 1 atom stereocenters. The van der Waals surface area contributed by atoms with Crippen LogP contribution in [-0.4, -0.2) is 20.9 Å². The molecule has 5 nitrogen and oxygen atoms in total. The third kappa shape index (κ3) is 3.89. The van der Waals surface area contributed by atoms with Crippen molar-refractivity contribution < 1.29 is 4.79 Å². The SMILES string of the molecule is Cc1nc[nH]c1[C@@H](C)c1ccc(NC(=O)CCc2nccs2)cc1. The molecule has 24 heavy (non-hydrogen) atoms. The highest BCUT2D eigenvalue weighted by Crippen LogP contribution is 2.25. The maximum atomic E-state index is 12.0. The first-order valence-corrected chi connectivity index (χ1v) is 8.79. The second-order valence-electron chi connectivity index (χ2n) is 5.72. The van der Waals surface area contributed by atoms with Gasteiger partial charge in [-0.15, -0.1) is 11.3 Å². The van der Waals surface area contributed by atoms with E-state index in [0.717, 1.165) is 22.1 Å². The third-order valence-electron chi connectivity index (χ3n) is 4.04. The van der Waals surface area contributed by atoms with Crippen molar-refractivity contribution in [3.63, 3.8) is 0 Å². The maximum absolute atomic E-state index is 12.0. The highest BCUT2D eigenvalue weighted by Gasteiger charge is 2.13. The average molecular weight is 340 g/mol. The van der Waals surface area contributed by atoms with Crippen molar-refractivity contribution in [1.29, 1.82) is 0 Å². The fourth-order valence-electron chi connectivity index (χ4n) is 2.65. The molecule has 0 spiro atoms. The molecule has 2 aromatic heterocycles. The molecule has 1 amide bonds. The van der Waals surface area contributed by atoms with Crippen LogP contribution in [-0.2, 0) is 11.2 Å². The van der Waals surface area contributed by atoms with Crippen molar-refractivity contribution in [1.82, 2.24) is 15.0 Å². The number of H-pyrrole nitrogens is 1. The van der Waals surface area contributed by atoms with Crippen molar-refractivity contribution in [2.45, 2.75) is 32.6 Å². The van der Waals surface area contributed by atoms with E-state index in [1.54, 1.807) is 23.9 Å². The van der Waals surface area contributed by atoms with Crippen LogP contribution in [0.2, 0.25) is 0 Å². The van der Waals surface area contributed by atoms with Gasteiger partial charge in [-0.3, -0.25) is 4.79 Å². The Kier molecular flexibility index (Phi) is 5.05. The largest absolute Gasteiger partial charge is 0.348 e. The van der Waals surface area contributed by atoms with Crippen molar-refractivity contribution in [3.05, 3.63) is 64.1 Å².